The summed E-state index contributed by atoms with van der Waals surface area (Å²) in [4.78, 5) is 14.8. The van der Waals surface area contributed by atoms with Crippen molar-refractivity contribution in [2.75, 3.05) is 5.32 Å². The van der Waals surface area contributed by atoms with Crippen LogP contribution >= 0.6 is 0 Å². The maximum Gasteiger partial charge on any atom is 0.317 e. The van der Waals surface area contributed by atoms with Crippen LogP contribution in [-0.2, 0) is 6.54 Å². The van der Waals surface area contributed by atoms with E-state index < -0.39 is 0 Å². The summed E-state index contributed by atoms with van der Waals surface area (Å²) in [6, 6.07) is 7.90. The van der Waals surface area contributed by atoms with Crippen molar-refractivity contribution >= 4 is 17.0 Å². The number of rotatable bonds is 3. The van der Waals surface area contributed by atoms with E-state index in [1.807, 2.05) is 25.1 Å². The first-order valence-electron chi connectivity index (χ1n) is 5.92. The molecule has 2 aromatic heterocycles. The van der Waals surface area contributed by atoms with Crippen molar-refractivity contribution in [3.63, 3.8) is 0 Å². The van der Waals surface area contributed by atoms with Crippen LogP contribution in [0.25, 0.3) is 11.2 Å². The van der Waals surface area contributed by atoms with Crippen molar-refractivity contribution in [2.24, 2.45) is 0 Å². The van der Waals surface area contributed by atoms with Crippen molar-refractivity contribution in [3.8, 4) is 6.01 Å². The first-order chi connectivity index (χ1) is 9.22. The van der Waals surface area contributed by atoms with Crippen LogP contribution in [0.3, 0.4) is 0 Å². The number of benzene rings is 1. The quantitative estimate of drug-likeness (QED) is 0.666. The summed E-state index contributed by atoms with van der Waals surface area (Å²) < 4.78 is 0. The lowest BCUT2D eigenvalue weighted by atomic mass is 10.1. The molecule has 0 bridgehead atoms. The second-order valence-corrected chi connectivity index (χ2v) is 4.31. The zero-order valence-corrected chi connectivity index (χ0v) is 10.4. The van der Waals surface area contributed by atoms with Crippen molar-refractivity contribution in [1.29, 1.82) is 0 Å². The van der Waals surface area contributed by atoms with Gasteiger partial charge in [-0.15, -0.1) is 0 Å². The molecule has 0 fully saturated rings. The molecule has 6 heteroatoms. The fourth-order valence-electron chi connectivity index (χ4n) is 1.96. The van der Waals surface area contributed by atoms with E-state index in [1.54, 1.807) is 0 Å². The Morgan fingerprint density at radius 3 is 3.05 bits per heavy atom. The fraction of sp³-hybridized carbons (Fsp3) is 0.154. The molecule has 0 unspecified atom stereocenters. The van der Waals surface area contributed by atoms with Crippen LogP contribution in [0, 0.1) is 6.92 Å². The molecule has 3 rings (SSSR count). The summed E-state index contributed by atoms with van der Waals surface area (Å²) >= 11 is 0. The van der Waals surface area contributed by atoms with E-state index >= 15 is 0 Å². The summed E-state index contributed by atoms with van der Waals surface area (Å²) in [7, 11) is 0. The zero-order chi connectivity index (χ0) is 13.2. The standard InChI is InChI=1S/C13H13N5O/c1-8-3-2-4-9(5-8)6-14-11-10-12(16-7-15-10)18-13(19)17-11/h2-5,7H,6H2,1H3,(H3,14,15,16,17,18,19). The molecule has 6 nitrogen and oxygen atoms in total. The smallest absolute Gasteiger partial charge is 0.317 e. The lowest BCUT2D eigenvalue weighted by Gasteiger charge is -2.07. The van der Waals surface area contributed by atoms with Gasteiger partial charge in [0.1, 0.15) is 5.52 Å². The maximum atomic E-state index is 9.46. The van der Waals surface area contributed by atoms with Crippen LogP contribution < -0.4 is 5.32 Å². The van der Waals surface area contributed by atoms with Gasteiger partial charge in [0.15, 0.2) is 11.5 Å². The number of hydrogen-bond donors (Lipinski definition) is 3. The number of anilines is 1. The van der Waals surface area contributed by atoms with E-state index in [4.69, 9.17) is 0 Å². The largest absolute Gasteiger partial charge is 0.479 e. The summed E-state index contributed by atoms with van der Waals surface area (Å²) in [6.07, 6.45) is 1.52. The minimum Gasteiger partial charge on any atom is -0.479 e. The molecule has 0 spiro atoms. The highest BCUT2D eigenvalue weighted by Crippen LogP contribution is 2.19. The lowest BCUT2D eigenvalue weighted by Crippen LogP contribution is -2.03. The molecular weight excluding hydrogens is 242 g/mol. The molecule has 0 aliphatic rings. The Labute approximate surface area is 109 Å². The average Bonchev–Trinajstić information content (AvgIpc) is 2.84. The third-order valence-electron chi connectivity index (χ3n) is 2.81. The Bertz CT molecular complexity index is 722. The van der Waals surface area contributed by atoms with Crippen molar-refractivity contribution < 1.29 is 5.11 Å². The Morgan fingerprint density at radius 1 is 1.32 bits per heavy atom. The van der Waals surface area contributed by atoms with E-state index in [-0.39, 0.29) is 6.01 Å². The predicted molar refractivity (Wildman–Crippen MR) is 71.9 cm³/mol. The second kappa shape index (κ2) is 4.56. The number of H-pyrrole nitrogens is 1. The fourth-order valence-corrected chi connectivity index (χ4v) is 1.96. The molecule has 2 heterocycles. The summed E-state index contributed by atoms with van der Waals surface area (Å²) in [5.74, 6) is 0.519. The van der Waals surface area contributed by atoms with Gasteiger partial charge in [-0.25, -0.2) is 4.98 Å². The molecule has 0 aliphatic carbocycles. The Kier molecular flexibility index (Phi) is 2.75. The molecule has 0 aliphatic heterocycles. The Hall–Kier alpha value is -2.63. The second-order valence-electron chi connectivity index (χ2n) is 4.31. The minimum absolute atomic E-state index is 0.275. The maximum absolute atomic E-state index is 9.46. The number of aromatic amines is 1. The van der Waals surface area contributed by atoms with Crippen molar-refractivity contribution in [3.05, 3.63) is 41.7 Å². The molecule has 0 saturated heterocycles. The number of aryl methyl sites for hydroxylation is 1. The molecular formula is C13H13N5O. The molecule has 0 saturated carbocycles. The molecule has 19 heavy (non-hydrogen) atoms. The van der Waals surface area contributed by atoms with Gasteiger partial charge in [0.25, 0.3) is 0 Å². The number of aromatic nitrogens is 4. The third-order valence-corrected chi connectivity index (χ3v) is 2.81. The monoisotopic (exact) mass is 255 g/mol. The van der Waals surface area contributed by atoms with Crippen molar-refractivity contribution in [1.82, 2.24) is 19.9 Å². The molecule has 0 atom stereocenters. The van der Waals surface area contributed by atoms with Crippen LogP contribution in [0.4, 0.5) is 5.82 Å². The highest BCUT2D eigenvalue weighted by molar-refractivity contribution is 5.82. The van der Waals surface area contributed by atoms with Crippen LogP contribution in [-0.4, -0.2) is 25.0 Å². The molecule has 3 N–H and O–H groups in total. The zero-order valence-electron chi connectivity index (χ0n) is 10.4. The van der Waals surface area contributed by atoms with Gasteiger partial charge in [0.2, 0.25) is 0 Å². The highest BCUT2D eigenvalue weighted by atomic mass is 16.3. The van der Waals surface area contributed by atoms with Gasteiger partial charge in [-0.3, -0.25) is 0 Å². The summed E-state index contributed by atoms with van der Waals surface area (Å²) in [6.45, 7) is 2.66. The molecule has 0 radical (unpaired) electrons. The van der Waals surface area contributed by atoms with Crippen LogP contribution in [0.15, 0.2) is 30.6 Å². The number of nitrogens with one attached hydrogen (secondary N) is 2. The number of hydrogen-bond acceptors (Lipinski definition) is 5. The number of nitrogens with zero attached hydrogens (tertiary/aromatic N) is 3. The molecule has 1 aromatic carbocycles. The van der Waals surface area contributed by atoms with E-state index in [0.717, 1.165) is 5.56 Å². The SMILES string of the molecule is Cc1cccc(CNc2nc(O)nc3[nH]cnc23)c1. The van der Waals surface area contributed by atoms with Gasteiger partial charge >= 0.3 is 6.01 Å². The van der Waals surface area contributed by atoms with Gasteiger partial charge in [-0.05, 0) is 12.5 Å². The van der Waals surface area contributed by atoms with Gasteiger partial charge < -0.3 is 15.4 Å². The predicted octanol–water partition coefficient (Wildman–Crippen LogP) is 1.98. The average molecular weight is 255 g/mol. The molecule has 96 valence electrons. The van der Waals surface area contributed by atoms with Gasteiger partial charge in [-0.2, -0.15) is 9.97 Å². The first-order valence-corrected chi connectivity index (χ1v) is 5.92. The van der Waals surface area contributed by atoms with E-state index in [2.05, 4.69) is 31.3 Å². The lowest BCUT2D eigenvalue weighted by molar-refractivity contribution is 0.433. The van der Waals surface area contributed by atoms with Crippen molar-refractivity contribution in [2.45, 2.75) is 13.5 Å². The Balaban J connectivity index is 1.87. The van der Waals surface area contributed by atoms with Crippen LogP contribution in [0.2, 0.25) is 0 Å². The van der Waals surface area contributed by atoms with Gasteiger partial charge in [0.05, 0.1) is 6.33 Å². The van der Waals surface area contributed by atoms with E-state index in [0.29, 0.717) is 23.5 Å². The van der Waals surface area contributed by atoms with Gasteiger partial charge in [0, 0.05) is 6.54 Å². The third kappa shape index (κ3) is 2.33. The molecule has 3 aromatic rings. The summed E-state index contributed by atoms with van der Waals surface area (Å²) in [5.41, 5.74) is 3.47. The van der Waals surface area contributed by atoms with Crippen LogP contribution in [0.1, 0.15) is 11.1 Å². The first kappa shape index (κ1) is 11.5. The van der Waals surface area contributed by atoms with Gasteiger partial charge in [-0.1, -0.05) is 29.8 Å². The number of fused-ring (bicyclic) bond motifs is 1. The molecule has 0 amide bonds. The number of imidazole rings is 1. The Morgan fingerprint density at radius 2 is 2.21 bits per heavy atom. The van der Waals surface area contributed by atoms with E-state index in [9.17, 15) is 5.11 Å². The van der Waals surface area contributed by atoms with E-state index in [1.165, 1.54) is 11.9 Å². The highest BCUT2D eigenvalue weighted by Gasteiger charge is 2.09. The minimum atomic E-state index is -0.275. The topological polar surface area (TPSA) is 86.7 Å². The van der Waals surface area contributed by atoms with Crippen LogP contribution in [0.5, 0.6) is 6.01 Å². The summed E-state index contributed by atoms with van der Waals surface area (Å²) in [5, 5.41) is 12.6. The normalized spacial score (nSPS) is 10.8. The number of aromatic hydroxyl groups is 1.